The topological polar surface area (TPSA) is 165 Å². The lowest BCUT2D eigenvalue weighted by Gasteiger charge is -2.16. The summed E-state index contributed by atoms with van der Waals surface area (Å²) >= 11 is 0. The highest BCUT2D eigenvalue weighted by atomic mass is 32.2. The number of carbonyl (C=O) groups excluding carboxylic acids is 3. The normalized spacial score (nSPS) is 14.6. The second kappa shape index (κ2) is 11.7. The number of nitrogens with zero attached hydrogens (tertiary/aromatic N) is 2. The first kappa shape index (κ1) is 26.8. The Balaban J connectivity index is 1.43. The van der Waals surface area contributed by atoms with Gasteiger partial charge in [-0.15, -0.1) is 0 Å². The van der Waals surface area contributed by atoms with Gasteiger partial charge in [-0.1, -0.05) is 0 Å². The van der Waals surface area contributed by atoms with Crippen LogP contribution >= 0.6 is 0 Å². The Hall–Kier alpha value is -3.84. The molecule has 3 rings (SSSR count). The average molecular weight is 519 g/mol. The molecule has 13 heteroatoms. The summed E-state index contributed by atoms with van der Waals surface area (Å²) in [5, 5.41) is 15.7. The van der Waals surface area contributed by atoms with Gasteiger partial charge >= 0.3 is 5.97 Å². The number of ether oxygens (including phenoxy) is 1. The van der Waals surface area contributed by atoms with Gasteiger partial charge in [0.1, 0.15) is 0 Å². The summed E-state index contributed by atoms with van der Waals surface area (Å²) in [6.45, 7) is 2.31. The van der Waals surface area contributed by atoms with Crippen LogP contribution in [0.1, 0.15) is 36.5 Å². The van der Waals surface area contributed by atoms with E-state index in [-0.39, 0.29) is 29.1 Å². The molecule has 0 radical (unpaired) electrons. The molecular weight excluding hydrogens is 492 g/mol. The molecule has 2 amide bonds. The van der Waals surface area contributed by atoms with E-state index in [2.05, 4.69) is 10.6 Å². The number of carbonyl (C=O) groups is 3. The van der Waals surface area contributed by atoms with Crippen LogP contribution in [0.25, 0.3) is 0 Å². The molecule has 0 aliphatic carbocycles. The van der Waals surface area contributed by atoms with Crippen LogP contribution < -0.4 is 10.6 Å². The molecule has 192 valence electrons. The summed E-state index contributed by atoms with van der Waals surface area (Å²) in [6.07, 6.45) is 0.335. The summed E-state index contributed by atoms with van der Waals surface area (Å²) < 4.78 is 31.7. The highest BCUT2D eigenvalue weighted by Crippen LogP contribution is 2.22. The Labute approximate surface area is 207 Å². The van der Waals surface area contributed by atoms with Gasteiger partial charge in [-0.05, 0) is 56.2 Å². The van der Waals surface area contributed by atoms with E-state index in [0.717, 1.165) is 12.8 Å². The number of non-ortho nitro benzene ring substituents is 1. The van der Waals surface area contributed by atoms with Gasteiger partial charge < -0.3 is 15.4 Å². The zero-order chi connectivity index (χ0) is 26.3. The maximum Gasteiger partial charge on any atom is 0.308 e. The van der Waals surface area contributed by atoms with E-state index in [1.165, 1.54) is 59.8 Å². The maximum atomic E-state index is 12.6. The lowest BCUT2D eigenvalue weighted by Crippen LogP contribution is -2.32. The van der Waals surface area contributed by atoms with E-state index in [1.807, 2.05) is 0 Å². The Morgan fingerprint density at radius 2 is 1.67 bits per heavy atom. The van der Waals surface area contributed by atoms with Crippen molar-refractivity contribution in [1.82, 2.24) is 9.62 Å². The molecule has 0 unspecified atom stereocenters. The van der Waals surface area contributed by atoms with E-state index in [1.54, 1.807) is 0 Å². The number of nitro benzene ring substituents is 1. The van der Waals surface area contributed by atoms with Crippen LogP contribution in [0.3, 0.4) is 0 Å². The minimum absolute atomic E-state index is 0.0596. The summed E-state index contributed by atoms with van der Waals surface area (Å²) in [7, 11) is -3.56. The fraction of sp³-hybridized carbons (Fsp3) is 0.348. The van der Waals surface area contributed by atoms with Crippen LogP contribution in [0.2, 0.25) is 0 Å². The third-order valence-electron chi connectivity index (χ3n) is 5.46. The quantitative estimate of drug-likeness (QED) is 0.274. The first-order valence-electron chi connectivity index (χ1n) is 11.2. The van der Waals surface area contributed by atoms with Crippen molar-refractivity contribution in [3.63, 3.8) is 0 Å². The van der Waals surface area contributed by atoms with Gasteiger partial charge in [-0.2, -0.15) is 4.31 Å². The smallest absolute Gasteiger partial charge is 0.308 e. The number of nitro groups is 1. The molecule has 1 aliphatic heterocycles. The van der Waals surface area contributed by atoms with Crippen LogP contribution in [-0.2, 0) is 24.3 Å². The number of sulfonamides is 1. The Kier molecular flexibility index (Phi) is 8.72. The molecule has 0 bridgehead atoms. The number of amides is 2. The predicted octanol–water partition coefficient (Wildman–Crippen LogP) is 2.07. The number of esters is 1. The maximum absolute atomic E-state index is 12.6. The zero-order valence-electron chi connectivity index (χ0n) is 19.5. The van der Waals surface area contributed by atoms with Gasteiger partial charge in [-0.25, -0.2) is 8.42 Å². The van der Waals surface area contributed by atoms with Crippen molar-refractivity contribution in [2.24, 2.45) is 0 Å². The van der Waals surface area contributed by atoms with Crippen LogP contribution in [-0.4, -0.2) is 61.2 Å². The SMILES string of the molecule is C[C@@H](OC(=O)CCNC(=O)c1ccc([N+](=O)[O-])cc1)C(=O)Nc1ccc(S(=O)(=O)N2CCCC2)cc1. The van der Waals surface area contributed by atoms with Crippen LogP contribution in [0.5, 0.6) is 0 Å². The van der Waals surface area contributed by atoms with Crippen molar-refractivity contribution in [2.45, 2.75) is 37.2 Å². The van der Waals surface area contributed by atoms with Gasteiger partial charge in [0, 0.05) is 43.0 Å². The molecule has 0 aromatic heterocycles. The molecule has 1 aliphatic rings. The molecule has 2 aromatic rings. The molecule has 1 saturated heterocycles. The molecule has 36 heavy (non-hydrogen) atoms. The highest BCUT2D eigenvalue weighted by molar-refractivity contribution is 7.89. The van der Waals surface area contributed by atoms with Gasteiger partial charge in [0.2, 0.25) is 10.0 Å². The molecule has 2 aromatic carbocycles. The van der Waals surface area contributed by atoms with Gasteiger partial charge in [0.05, 0.1) is 16.2 Å². The molecule has 1 fully saturated rings. The van der Waals surface area contributed by atoms with Crippen molar-refractivity contribution in [1.29, 1.82) is 0 Å². The second-order valence-corrected chi connectivity index (χ2v) is 10.0. The van der Waals surface area contributed by atoms with E-state index in [4.69, 9.17) is 4.74 Å². The molecule has 0 spiro atoms. The third-order valence-corrected chi connectivity index (χ3v) is 7.37. The third kappa shape index (κ3) is 6.86. The minimum atomic E-state index is -3.56. The minimum Gasteiger partial charge on any atom is -0.452 e. The van der Waals surface area contributed by atoms with Crippen molar-refractivity contribution in [2.75, 3.05) is 25.0 Å². The fourth-order valence-corrected chi connectivity index (χ4v) is 4.97. The van der Waals surface area contributed by atoms with Gasteiger partial charge in [-0.3, -0.25) is 24.5 Å². The van der Waals surface area contributed by atoms with E-state index >= 15 is 0 Å². The lowest BCUT2D eigenvalue weighted by atomic mass is 10.2. The summed E-state index contributed by atoms with van der Waals surface area (Å²) in [5.74, 6) is -1.83. The van der Waals surface area contributed by atoms with Crippen molar-refractivity contribution >= 4 is 39.2 Å². The Morgan fingerprint density at radius 3 is 2.25 bits per heavy atom. The van der Waals surface area contributed by atoms with Crippen LogP contribution in [0.15, 0.2) is 53.4 Å². The Morgan fingerprint density at radius 1 is 1.06 bits per heavy atom. The lowest BCUT2D eigenvalue weighted by molar-refractivity contribution is -0.384. The van der Waals surface area contributed by atoms with E-state index < -0.39 is 38.8 Å². The number of anilines is 1. The summed E-state index contributed by atoms with van der Waals surface area (Å²) in [4.78, 5) is 46.7. The number of hydrogen-bond donors (Lipinski definition) is 2. The van der Waals surface area contributed by atoms with E-state index in [0.29, 0.717) is 18.8 Å². The van der Waals surface area contributed by atoms with Crippen molar-refractivity contribution in [3.8, 4) is 0 Å². The van der Waals surface area contributed by atoms with Crippen LogP contribution in [0.4, 0.5) is 11.4 Å². The monoisotopic (exact) mass is 518 g/mol. The van der Waals surface area contributed by atoms with Crippen LogP contribution in [0, 0.1) is 10.1 Å². The van der Waals surface area contributed by atoms with Gasteiger partial charge in [0.25, 0.3) is 17.5 Å². The first-order valence-corrected chi connectivity index (χ1v) is 12.6. The molecular formula is C23H26N4O8S. The van der Waals surface area contributed by atoms with Crippen molar-refractivity contribution < 1.29 is 32.5 Å². The summed E-state index contributed by atoms with van der Waals surface area (Å²) in [6, 6.07) is 10.7. The molecule has 1 heterocycles. The average Bonchev–Trinajstić information content (AvgIpc) is 3.40. The standard InChI is InChI=1S/C23H26N4O8S/c1-16(35-21(28)12-13-24-23(30)17-4-8-19(9-5-17)27(31)32)22(29)25-18-6-10-20(11-7-18)36(33,34)26-14-2-3-15-26/h4-11,16H,2-3,12-15H2,1H3,(H,24,30)(H,25,29)/t16-/m1/s1. The number of benzene rings is 2. The van der Waals surface area contributed by atoms with Crippen molar-refractivity contribution in [3.05, 3.63) is 64.2 Å². The molecule has 2 N–H and O–H groups in total. The molecule has 0 saturated carbocycles. The largest absolute Gasteiger partial charge is 0.452 e. The fourth-order valence-electron chi connectivity index (χ4n) is 3.46. The second-order valence-electron chi connectivity index (χ2n) is 8.07. The predicted molar refractivity (Wildman–Crippen MR) is 129 cm³/mol. The molecule has 1 atom stereocenters. The number of rotatable bonds is 10. The Bertz CT molecular complexity index is 1220. The van der Waals surface area contributed by atoms with Gasteiger partial charge in [0.15, 0.2) is 6.10 Å². The van der Waals surface area contributed by atoms with E-state index in [9.17, 15) is 32.9 Å². The number of nitrogens with one attached hydrogen (secondary N) is 2. The first-order chi connectivity index (χ1) is 17.1. The number of hydrogen-bond acceptors (Lipinski definition) is 8. The molecule has 12 nitrogen and oxygen atoms in total. The summed E-state index contributed by atoms with van der Waals surface area (Å²) in [5.41, 5.74) is 0.394. The zero-order valence-corrected chi connectivity index (χ0v) is 20.3. The highest BCUT2D eigenvalue weighted by Gasteiger charge is 2.27.